The maximum Gasteiger partial charge on any atom is 0.249 e. The Morgan fingerprint density at radius 2 is 2.12 bits per heavy atom. The van der Waals surface area contributed by atoms with Gasteiger partial charge in [-0.2, -0.15) is 0 Å². The molecule has 0 saturated carbocycles. The van der Waals surface area contributed by atoms with Crippen molar-refractivity contribution < 1.29 is 4.79 Å². The molecular weight excluding hydrogens is 218 g/mol. The molecule has 1 atom stereocenters. The summed E-state index contributed by atoms with van der Waals surface area (Å²) >= 11 is 0. The summed E-state index contributed by atoms with van der Waals surface area (Å²) in [5.41, 5.74) is -0.0765. The predicted molar refractivity (Wildman–Crippen MR) is 64.0 cm³/mol. The first kappa shape index (κ1) is 10.4. The average Bonchev–Trinajstić information content (AvgIpc) is 2.71. The molecule has 3 heterocycles. The predicted octanol–water partition coefficient (Wildman–Crippen LogP) is 0.186. The number of amides is 1. The Hall–Kier alpha value is -1.78. The van der Waals surface area contributed by atoms with Gasteiger partial charge in [0, 0.05) is 38.2 Å². The van der Waals surface area contributed by atoms with Crippen LogP contribution >= 0.6 is 0 Å². The van der Waals surface area contributed by atoms with E-state index < -0.39 is 0 Å². The second-order valence-electron chi connectivity index (χ2n) is 4.63. The van der Waals surface area contributed by atoms with Gasteiger partial charge in [-0.25, -0.2) is 0 Å². The number of hydrogen-bond donors (Lipinski definition) is 1. The second-order valence-corrected chi connectivity index (χ2v) is 4.63. The Morgan fingerprint density at radius 1 is 1.24 bits per heavy atom. The minimum atomic E-state index is -0.0765. The highest BCUT2D eigenvalue weighted by Crippen LogP contribution is 2.24. The molecule has 2 aliphatic rings. The number of anilines is 1. The van der Waals surface area contributed by atoms with Gasteiger partial charge >= 0.3 is 0 Å². The molecule has 1 aromatic heterocycles. The molecule has 0 spiro atoms. The smallest absolute Gasteiger partial charge is 0.249 e. The van der Waals surface area contributed by atoms with E-state index in [1.165, 1.54) is 6.07 Å². The van der Waals surface area contributed by atoms with Crippen LogP contribution in [0.3, 0.4) is 0 Å². The molecule has 0 aliphatic carbocycles. The molecule has 0 aromatic carbocycles. The standard InChI is InChI=1S/C12H15N3O2/c16-11-3-1-2-10(13-11)14-6-7-15-9(8-14)4-5-12(15)17/h1-3,9H,4-8H2,(H,13,16). The van der Waals surface area contributed by atoms with E-state index in [1.807, 2.05) is 11.0 Å². The highest BCUT2D eigenvalue weighted by molar-refractivity contribution is 5.79. The number of rotatable bonds is 1. The molecule has 5 heteroatoms. The monoisotopic (exact) mass is 233 g/mol. The largest absolute Gasteiger partial charge is 0.354 e. The summed E-state index contributed by atoms with van der Waals surface area (Å²) in [6, 6.07) is 5.51. The molecule has 0 radical (unpaired) electrons. The van der Waals surface area contributed by atoms with Crippen molar-refractivity contribution in [3.8, 4) is 0 Å². The number of nitrogens with one attached hydrogen (secondary N) is 1. The van der Waals surface area contributed by atoms with Gasteiger partial charge in [-0.15, -0.1) is 0 Å². The Kier molecular flexibility index (Phi) is 2.39. The van der Waals surface area contributed by atoms with Crippen LogP contribution in [0.1, 0.15) is 12.8 Å². The van der Waals surface area contributed by atoms with E-state index >= 15 is 0 Å². The van der Waals surface area contributed by atoms with E-state index in [9.17, 15) is 9.59 Å². The Balaban J connectivity index is 1.79. The van der Waals surface area contributed by atoms with Crippen LogP contribution in [0, 0.1) is 0 Å². The van der Waals surface area contributed by atoms with Crippen molar-refractivity contribution in [1.82, 2.24) is 9.88 Å². The first-order chi connectivity index (χ1) is 8.24. The molecule has 1 amide bonds. The van der Waals surface area contributed by atoms with Crippen LogP contribution in [0.5, 0.6) is 0 Å². The molecule has 2 aliphatic heterocycles. The third-order valence-corrected chi connectivity index (χ3v) is 3.59. The van der Waals surface area contributed by atoms with E-state index in [0.29, 0.717) is 12.5 Å². The third-order valence-electron chi connectivity index (χ3n) is 3.59. The molecule has 1 aromatic rings. The lowest BCUT2D eigenvalue weighted by atomic mass is 10.1. The SMILES string of the molecule is O=C1CCC2CN(c3cccc(=O)[nH]3)CCN12. The van der Waals surface area contributed by atoms with E-state index in [0.717, 1.165) is 31.9 Å². The van der Waals surface area contributed by atoms with Crippen LogP contribution in [0.15, 0.2) is 23.0 Å². The Labute approximate surface area is 99.0 Å². The van der Waals surface area contributed by atoms with Crippen molar-refractivity contribution in [3.63, 3.8) is 0 Å². The number of carbonyl (C=O) groups excluding carboxylic acids is 1. The number of hydrogen-bond acceptors (Lipinski definition) is 3. The summed E-state index contributed by atoms with van der Waals surface area (Å²) in [7, 11) is 0. The highest BCUT2D eigenvalue weighted by Gasteiger charge is 2.35. The lowest BCUT2D eigenvalue weighted by Gasteiger charge is -2.38. The highest BCUT2D eigenvalue weighted by atomic mass is 16.2. The summed E-state index contributed by atoms with van der Waals surface area (Å²) in [5.74, 6) is 1.13. The van der Waals surface area contributed by atoms with Gasteiger partial charge in [-0.05, 0) is 12.5 Å². The van der Waals surface area contributed by atoms with Gasteiger partial charge in [0.15, 0.2) is 0 Å². The van der Waals surface area contributed by atoms with E-state index in [-0.39, 0.29) is 11.5 Å². The van der Waals surface area contributed by atoms with Crippen molar-refractivity contribution in [1.29, 1.82) is 0 Å². The third kappa shape index (κ3) is 1.81. The Bertz CT molecular complexity index is 497. The fraction of sp³-hybridized carbons (Fsp3) is 0.500. The lowest BCUT2D eigenvalue weighted by Crippen LogP contribution is -2.51. The molecule has 3 rings (SSSR count). The summed E-state index contributed by atoms with van der Waals surface area (Å²) in [6.45, 7) is 2.38. The number of pyridine rings is 1. The van der Waals surface area contributed by atoms with Crippen LogP contribution < -0.4 is 10.5 Å². The molecule has 2 saturated heterocycles. The minimum Gasteiger partial charge on any atom is -0.354 e. The number of aromatic amines is 1. The number of H-pyrrole nitrogens is 1. The van der Waals surface area contributed by atoms with Gasteiger partial charge in [0.2, 0.25) is 11.5 Å². The Morgan fingerprint density at radius 3 is 2.94 bits per heavy atom. The first-order valence-electron chi connectivity index (χ1n) is 5.98. The van der Waals surface area contributed by atoms with E-state index in [2.05, 4.69) is 9.88 Å². The summed E-state index contributed by atoms with van der Waals surface area (Å²) in [4.78, 5) is 29.8. The normalized spacial score (nSPS) is 24.0. The fourth-order valence-corrected chi connectivity index (χ4v) is 2.70. The van der Waals surface area contributed by atoms with Crippen molar-refractivity contribution in [3.05, 3.63) is 28.6 Å². The molecule has 90 valence electrons. The molecule has 0 bridgehead atoms. The molecule has 1 N–H and O–H groups in total. The average molecular weight is 233 g/mol. The summed E-state index contributed by atoms with van der Waals surface area (Å²) in [6.07, 6.45) is 1.61. The lowest BCUT2D eigenvalue weighted by molar-refractivity contribution is -0.129. The fourth-order valence-electron chi connectivity index (χ4n) is 2.70. The zero-order valence-electron chi connectivity index (χ0n) is 9.56. The molecular formula is C12H15N3O2. The maximum atomic E-state index is 11.6. The van der Waals surface area contributed by atoms with E-state index in [4.69, 9.17) is 0 Å². The van der Waals surface area contributed by atoms with Crippen LogP contribution in [0.4, 0.5) is 5.82 Å². The van der Waals surface area contributed by atoms with Crippen LogP contribution in [-0.2, 0) is 4.79 Å². The zero-order valence-corrected chi connectivity index (χ0v) is 9.56. The van der Waals surface area contributed by atoms with E-state index in [1.54, 1.807) is 6.07 Å². The second kappa shape index (κ2) is 3.91. The van der Waals surface area contributed by atoms with Crippen molar-refractivity contribution in [2.24, 2.45) is 0 Å². The molecule has 5 nitrogen and oxygen atoms in total. The molecule has 1 unspecified atom stereocenters. The summed E-state index contributed by atoms with van der Waals surface area (Å²) in [5, 5.41) is 0. The van der Waals surface area contributed by atoms with Crippen molar-refractivity contribution in [2.45, 2.75) is 18.9 Å². The topological polar surface area (TPSA) is 56.4 Å². The minimum absolute atomic E-state index is 0.0765. The van der Waals surface area contributed by atoms with Gasteiger partial charge in [0.1, 0.15) is 5.82 Å². The van der Waals surface area contributed by atoms with Gasteiger partial charge in [-0.3, -0.25) is 9.59 Å². The number of aromatic nitrogens is 1. The maximum absolute atomic E-state index is 11.6. The molecule has 2 fully saturated rings. The first-order valence-corrected chi connectivity index (χ1v) is 5.98. The van der Waals surface area contributed by atoms with Gasteiger partial charge in [0.25, 0.3) is 0 Å². The van der Waals surface area contributed by atoms with Crippen LogP contribution in [0.2, 0.25) is 0 Å². The number of fused-ring (bicyclic) bond motifs is 1. The van der Waals surface area contributed by atoms with Gasteiger partial charge in [-0.1, -0.05) is 6.07 Å². The van der Waals surface area contributed by atoms with Gasteiger partial charge < -0.3 is 14.8 Å². The van der Waals surface area contributed by atoms with Crippen molar-refractivity contribution >= 4 is 11.7 Å². The number of nitrogens with zero attached hydrogens (tertiary/aromatic N) is 2. The quantitative estimate of drug-likeness (QED) is 0.753. The number of carbonyl (C=O) groups is 1. The zero-order chi connectivity index (χ0) is 11.8. The molecule has 17 heavy (non-hydrogen) atoms. The van der Waals surface area contributed by atoms with Gasteiger partial charge in [0.05, 0.1) is 0 Å². The van der Waals surface area contributed by atoms with Crippen LogP contribution in [-0.4, -0.2) is 41.5 Å². The number of piperazine rings is 1. The van der Waals surface area contributed by atoms with Crippen LogP contribution in [0.25, 0.3) is 0 Å². The summed E-state index contributed by atoms with van der Waals surface area (Å²) < 4.78 is 0. The van der Waals surface area contributed by atoms with Crippen molar-refractivity contribution in [2.75, 3.05) is 24.5 Å².